The predicted octanol–water partition coefficient (Wildman–Crippen LogP) is 10.3. The van der Waals surface area contributed by atoms with Crippen molar-refractivity contribution in [1.29, 1.82) is 0 Å². The quantitative estimate of drug-likeness (QED) is 0.232. The lowest BCUT2D eigenvalue weighted by molar-refractivity contribution is -0.272. The molecule has 0 amide bonds. The van der Waals surface area contributed by atoms with Crippen LogP contribution >= 0.6 is 0 Å². The number of hydrogen-bond donors (Lipinski definition) is 2. The number of rotatable bonds is 2. The molecule has 2 N–H and O–H groups in total. The highest BCUT2D eigenvalue weighted by molar-refractivity contribution is 5.69. The molecule has 10 rings (SSSR count). The Morgan fingerprint density at radius 1 is 0.907 bits per heavy atom. The van der Waals surface area contributed by atoms with Crippen LogP contribution < -0.4 is 0 Å². The minimum atomic E-state index is -0.303. The van der Waals surface area contributed by atoms with Crippen LogP contribution in [0.3, 0.4) is 0 Å². The van der Waals surface area contributed by atoms with E-state index in [2.05, 4.69) is 46.8 Å². The van der Waals surface area contributed by atoms with Gasteiger partial charge in [0.25, 0.3) is 0 Å². The van der Waals surface area contributed by atoms with E-state index < -0.39 is 0 Å². The summed E-state index contributed by atoms with van der Waals surface area (Å²) in [6.07, 6.45) is 21.0. The highest BCUT2D eigenvalue weighted by Crippen LogP contribution is 2.70. The van der Waals surface area contributed by atoms with Gasteiger partial charge in [0.2, 0.25) is 0 Å². The standard InChI is InChI=1S/C27H42O3.C21H28O3/c1-16-7-12-27(29-15-16)17(2)24-23(30-27)14-22-20-6-5-18-13-19(28)8-10-25(18,3)21(20)9-11-26(22,24)4;1-3-20(23)24-19-9-8-18-17-6-4-13-12-14(22)5-7-15(13)16(17)10-11-21(18,19)2/h9,16-20,22-24,28H,5-8,10-15H2,1-4H3;5,7,12,16-19,22H,3-4,6,8-11H2,1-2H3. The number of allylic oxidation sites excluding steroid dienone is 2. The number of phenols is 1. The van der Waals surface area contributed by atoms with Gasteiger partial charge in [0.15, 0.2) is 5.79 Å². The molecule has 0 bridgehead atoms. The second kappa shape index (κ2) is 13.6. The zero-order valence-corrected chi connectivity index (χ0v) is 34.3. The van der Waals surface area contributed by atoms with Crippen molar-refractivity contribution in [2.24, 2.45) is 63.6 Å². The Balaban J connectivity index is 0.000000146. The Hall–Kier alpha value is -1.89. The largest absolute Gasteiger partial charge is 0.508 e. The van der Waals surface area contributed by atoms with Crippen molar-refractivity contribution in [3.05, 3.63) is 41.0 Å². The topological polar surface area (TPSA) is 85.2 Å². The van der Waals surface area contributed by atoms with Gasteiger partial charge in [-0.15, -0.1) is 0 Å². The zero-order valence-electron chi connectivity index (χ0n) is 34.3. The summed E-state index contributed by atoms with van der Waals surface area (Å²) in [5.41, 5.74) is 5.41. The molecular formula is C48H70O6. The van der Waals surface area contributed by atoms with Crippen molar-refractivity contribution in [2.45, 2.75) is 174 Å². The number of esters is 1. The first kappa shape index (κ1) is 37.7. The molecule has 16 unspecified atom stereocenters. The van der Waals surface area contributed by atoms with E-state index in [0.717, 1.165) is 57.0 Å². The lowest BCUT2D eigenvalue weighted by atomic mass is 9.48. The van der Waals surface area contributed by atoms with E-state index >= 15 is 0 Å². The minimum Gasteiger partial charge on any atom is -0.508 e. The molecule has 5 saturated carbocycles. The van der Waals surface area contributed by atoms with Gasteiger partial charge in [-0.1, -0.05) is 59.3 Å². The van der Waals surface area contributed by atoms with Gasteiger partial charge in [-0.3, -0.25) is 4.79 Å². The van der Waals surface area contributed by atoms with Crippen LogP contribution in [0.1, 0.15) is 155 Å². The van der Waals surface area contributed by atoms with Crippen LogP contribution in [-0.4, -0.2) is 46.9 Å². The van der Waals surface area contributed by atoms with Crippen molar-refractivity contribution >= 4 is 5.97 Å². The Kier molecular flexibility index (Phi) is 9.49. The predicted molar refractivity (Wildman–Crippen MR) is 211 cm³/mol. The van der Waals surface area contributed by atoms with Crippen LogP contribution in [-0.2, 0) is 25.4 Å². The van der Waals surface area contributed by atoms with Crippen molar-refractivity contribution < 1.29 is 29.2 Å². The molecule has 9 aliphatic rings. The van der Waals surface area contributed by atoms with E-state index in [4.69, 9.17) is 14.2 Å². The average Bonchev–Trinajstić information content (AvgIpc) is 3.74. The van der Waals surface area contributed by atoms with E-state index in [0.29, 0.717) is 70.5 Å². The van der Waals surface area contributed by atoms with Crippen molar-refractivity contribution in [3.63, 3.8) is 0 Å². The van der Waals surface area contributed by atoms with Crippen LogP contribution in [0.4, 0.5) is 0 Å². The number of benzene rings is 1. The fraction of sp³-hybridized carbons (Fsp3) is 0.812. The molecule has 298 valence electrons. The van der Waals surface area contributed by atoms with Crippen molar-refractivity contribution in [3.8, 4) is 5.75 Å². The first-order chi connectivity index (χ1) is 25.8. The highest BCUT2D eigenvalue weighted by atomic mass is 16.7. The summed E-state index contributed by atoms with van der Waals surface area (Å²) < 4.78 is 19.2. The molecule has 7 aliphatic carbocycles. The molecule has 0 aromatic heterocycles. The van der Waals surface area contributed by atoms with Gasteiger partial charge >= 0.3 is 5.97 Å². The van der Waals surface area contributed by atoms with Gasteiger partial charge in [-0.25, -0.2) is 0 Å². The first-order valence-electron chi connectivity index (χ1n) is 22.5. The van der Waals surface area contributed by atoms with Gasteiger partial charge in [-0.05, 0) is 171 Å². The molecule has 1 spiro atoms. The van der Waals surface area contributed by atoms with E-state index in [1.165, 1.54) is 68.9 Å². The van der Waals surface area contributed by atoms with E-state index in [-0.39, 0.29) is 29.4 Å². The second-order valence-electron chi connectivity index (χ2n) is 20.9. The summed E-state index contributed by atoms with van der Waals surface area (Å²) in [5.74, 6) is 6.00. The lowest BCUT2D eigenvalue weighted by Gasteiger charge is -2.57. The molecule has 2 aliphatic heterocycles. The molecule has 54 heavy (non-hydrogen) atoms. The van der Waals surface area contributed by atoms with Gasteiger partial charge in [0.1, 0.15) is 11.9 Å². The van der Waals surface area contributed by atoms with Crippen LogP contribution in [0.15, 0.2) is 29.8 Å². The summed E-state index contributed by atoms with van der Waals surface area (Å²) in [5, 5.41) is 20.0. The minimum absolute atomic E-state index is 0.0477. The number of aromatic hydroxyl groups is 1. The summed E-state index contributed by atoms with van der Waals surface area (Å²) in [7, 11) is 0. The number of carbonyl (C=O) groups excluding carboxylic acids is 1. The van der Waals surface area contributed by atoms with E-state index in [1.807, 2.05) is 19.1 Å². The number of phenolic OH excluding ortho intramolecular Hbond substituents is 1. The zero-order chi connectivity index (χ0) is 37.8. The number of aryl methyl sites for hydroxylation is 1. The molecule has 16 atom stereocenters. The monoisotopic (exact) mass is 743 g/mol. The molecule has 1 aromatic carbocycles. The fourth-order valence-corrected chi connectivity index (χ4v) is 15.5. The first-order valence-corrected chi connectivity index (χ1v) is 22.5. The molecule has 0 radical (unpaired) electrons. The molecule has 2 saturated heterocycles. The maximum atomic E-state index is 11.8. The third kappa shape index (κ3) is 5.74. The number of aliphatic hydroxyl groups excluding tert-OH is 1. The number of hydrogen-bond acceptors (Lipinski definition) is 6. The van der Waals surface area contributed by atoms with Gasteiger partial charge in [-0.2, -0.15) is 0 Å². The molecule has 6 nitrogen and oxygen atoms in total. The molecule has 6 heteroatoms. The molecule has 7 fully saturated rings. The second-order valence-corrected chi connectivity index (χ2v) is 20.9. The Bertz CT molecular complexity index is 1630. The van der Waals surface area contributed by atoms with E-state index in [1.54, 1.807) is 5.57 Å². The van der Waals surface area contributed by atoms with Gasteiger partial charge in [0, 0.05) is 24.2 Å². The van der Waals surface area contributed by atoms with Gasteiger partial charge < -0.3 is 24.4 Å². The van der Waals surface area contributed by atoms with Crippen molar-refractivity contribution in [1.82, 2.24) is 0 Å². The number of aliphatic hydroxyl groups is 1. The Morgan fingerprint density at radius 3 is 2.52 bits per heavy atom. The molecule has 2 heterocycles. The molecule has 1 aromatic rings. The lowest BCUT2D eigenvalue weighted by Crippen LogP contribution is -2.50. The van der Waals surface area contributed by atoms with Crippen molar-refractivity contribution in [2.75, 3.05) is 6.61 Å². The fourth-order valence-electron chi connectivity index (χ4n) is 15.5. The number of carbonyl (C=O) groups is 1. The van der Waals surface area contributed by atoms with Crippen LogP contribution in [0.25, 0.3) is 0 Å². The number of fused-ring (bicyclic) bond motifs is 12. The smallest absolute Gasteiger partial charge is 0.305 e. The van der Waals surface area contributed by atoms with E-state index in [9.17, 15) is 15.0 Å². The molecular weight excluding hydrogens is 673 g/mol. The Morgan fingerprint density at radius 2 is 1.74 bits per heavy atom. The summed E-state index contributed by atoms with van der Waals surface area (Å²) >= 11 is 0. The highest BCUT2D eigenvalue weighted by Gasteiger charge is 2.68. The number of ether oxygens (including phenoxy) is 3. The summed E-state index contributed by atoms with van der Waals surface area (Å²) in [4.78, 5) is 11.8. The Labute approximate surface area is 325 Å². The normalized spacial score (nSPS) is 49.8. The SMILES string of the molecule is CC1CCC2(OC1)OC1CC3C4CCC5CC(O)CCC5(C)C4=CCC3(C)C1C2C.CCC(=O)OC1CCC2C3CCc4cc(O)ccc4C3CCC12C. The maximum Gasteiger partial charge on any atom is 0.305 e. The summed E-state index contributed by atoms with van der Waals surface area (Å²) in [6, 6.07) is 5.95. The van der Waals surface area contributed by atoms with Crippen LogP contribution in [0.2, 0.25) is 0 Å². The van der Waals surface area contributed by atoms with Gasteiger partial charge in [0.05, 0.1) is 18.8 Å². The van der Waals surface area contributed by atoms with Crippen LogP contribution in [0, 0.1) is 63.6 Å². The average molecular weight is 743 g/mol. The summed E-state index contributed by atoms with van der Waals surface area (Å²) in [6.45, 7) is 15.0. The van der Waals surface area contributed by atoms with Crippen LogP contribution in [0.5, 0.6) is 5.75 Å². The maximum absolute atomic E-state index is 11.8. The third-order valence-corrected chi connectivity index (χ3v) is 18.4. The third-order valence-electron chi connectivity index (χ3n) is 18.4.